The lowest BCUT2D eigenvalue weighted by atomic mass is 9.89. The van der Waals surface area contributed by atoms with E-state index in [1.807, 2.05) is 19.1 Å². The Morgan fingerprint density at radius 1 is 1.19 bits per heavy atom. The first kappa shape index (κ1) is 13.0. The fourth-order valence-corrected chi connectivity index (χ4v) is 2.06. The van der Waals surface area contributed by atoms with E-state index in [-0.39, 0.29) is 5.75 Å². The van der Waals surface area contributed by atoms with Crippen molar-refractivity contribution in [3.63, 3.8) is 0 Å². The van der Waals surface area contributed by atoms with E-state index in [1.165, 1.54) is 0 Å². The van der Waals surface area contributed by atoms with Crippen LogP contribution in [0.5, 0.6) is 5.75 Å². The second kappa shape index (κ2) is 5.35. The maximum Gasteiger partial charge on any atom is 0.115 e. The number of aliphatic hydroxyl groups is 1. The molecular weight excluding hydrogens is 200 g/mol. The quantitative estimate of drug-likeness (QED) is 0.803. The molecule has 2 heteroatoms. The van der Waals surface area contributed by atoms with Gasteiger partial charge in [-0.2, -0.15) is 0 Å². The molecule has 0 saturated heterocycles. The molecule has 0 fully saturated rings. The smallest absolute Gasteiger partial charge is 0.115 e. The number of phenols is 1. The van der Waals surface area contributed by atoms with Gasteiger partial charge in [0.1, 0.15) is 5.75 Å². The minimum absolute atomic E-state index is 0.290. The van der Waals surface area contributed by atoms with Crippen LogP contribution in [0.15, 0.2) is 24.3 Å². The summed E-state index contributed by atoms with van der Waals surface area (Å²) in [7, 11) is 0. The molecule has 90 valence electrons. The van der Waals surface area contributed by atoms with Crippen molar-refractivity contribution in [1.29, 1.82) is 0 Å². The molecule has 1 atom stereocenters. The zero-order valence-corrected chi connectivity index (χ0v) is 10.4. The first-order valence-electron chi connectivity index (χ1n) is 5.89. The molecule has 2 nitrogen and oxygen atoms in total. The average molecular weight is 222 g/mol. The number of aromatic hydroxyl groups is 1. The Morgan fingerprint density at radius 2 is 1.75 bits per heavy atom. The van der Waals surface area contributed by atoms with Crippen molar-refractivity contribution in [3.8, 4) is 5.75 Å². The molecule has 0 spiro atoms. The van der Waals surface area contributed by atoms with Gasteiger partial charge in [0.25, 0.3) is 0 Å². The Bertz CT molecular complexity index is 312. The standard InChI is InChI=1S/C14H22O2/c1-11(2)10-14(3,16)9-8-12-4-6-13(15)7-5-12/h4-7,11,15-16H,8-10H2,1-3H3. The molecule has 2 N–H and O–H groups in total. The van der Waals surface area contributed by atoms with E-state index in [9.17, 15) is 5.11 Å². The number of benzene rings is 1. The zero-order chi connectivity index (χ0) is 12.2. The summed E-state index contributed by atoms with van der Waals surface area (Å²) < 4.78 is 0. The summed E-state index contributed by atoms with van der Waals surface area (Å²) >= 11 is 0. The van der Waals surface area contributed by atoms with E-state index < -0.39 is 5.60 Å². The maximum absolute atomic E-state index is 10.2. The summed E-state index contributed by atoms with van der Waals surface area (Å²) in [6.07, 6.45) is 2.43. The van der Waals surface area contributed by atoms with E-state index in [4.69, 9.17) is 5.11 Å². The van der Waals surface area contributed by atoms with E-state index in [1.54, 1.807) is 12.1 Å². The lowest BCUT2D eigenvalue weighted by molar-refractivity contribution is 0.0302. The van der Waals surface area contributed by atoms with Gasteiger partial charge in [0.15, 0.2) is 0 Å². The summed E-state index contributed by atoms with van der Waals surface area (Å²) in [5, 5.41) is 19.3. The number of phenolic OH excluding ortho intramolecular Hbond substituents is 1. The largest absolute Gasteiger partial charge is 0.508 e. The third-order valence-electron chi connectivity index (χ3n) is 2.74. The lowest BCUT2D eigenvalue weighted by Gasteiger charge is -2.25. The van der Waals surface area contributed by atoms with Crippen molar-refractivity contribution < 1.29 is 10.2 Å². The molecule has 1 aromatic rings. The predicted octanol–water partition coefficient (Wildman–Crippen LogP) is 3.12. The predicted molar refractivity (Wildman–Crippen MR) is 66.5 cm³/mol. The van der Waals surface area contributed by atoms with Gasteiger partial charge in [-0.05, 0) is 49.8 Å². The van der Waals surface area contributed by atoms with Gasteiger partial charge in [-0.3, -0.25) is 0 Å². The van der Waals surface area contributed by atoms with Crippen molar-refractivity contribution in [3.05, 3.63) is 29.8 Å². The summed E-state index contributed by atoms with van der Waals surface area (Å²) in [5.41, 5.74) is 0.563. The van der Waals surface area contributed by atoms with Gasteiger partial charge in [-0.25, -0.2) is 0 Å². The molecule has 0 bridgehead atoms. The average Bonchev–Trinajstić information content (AvgIpc) is 2.15. The van der Waals surface area contributed by atoms with Crippen LogP contribution in [-0.2, 0) is 6.42 Å². The molecular formula is C14H22O2. The molecule has 1 rings (SSSR count). The molecule has 1 aromatic carbocycles. The Kier molecular flexibility index (Phi) is 4.36. The summed E-state index contributed by atoms with van der Waals surface area (Å²) in [6.45, 7) is 6.14. The van der Waals surface area contributed by atoms with Gasteiger partial charge >= 0.3 is 0 Å². The van der Waals surface area contributed by atoms with E-state index in [2.05, 4.69) is 13.8 Å². The maximum atomic E-state index is 10.2. The SMILES string of the molecule is CC(C)CC(C)(O)CCc1ccc(O)cc1. The number of aryl methyl sites for hydroxylation is 1. The molecule has 0 heterocycles. The molecule has 0 amide bonds. The van der Waals surface area contributed by atoms with Crippen molar-refractivity contribution in [2.24, 2.45) is 5.92 Å². The Hall–Kier alpha value is -1.02. The molecule has 0 aliphatic rings. The second-order valence-electron chi connectivity index (χ2n) is 5.26. The number of hydrogen-bond acceptors (Lipinski definition) is 2. The summed E-state index contributed by atoms with van der Waals surface area (Å²) in [4.78, 5) is 0. The summed E-state index contributed by atoms with van der Waals surface area (Å²) in [5.74, 6) is 0.799. The molecule has 1 unspecified atom stereocenters. The second-order valence-corrected chi connectivity index (χ2v) is 5.26. The monoisotopic (exact) mass is 222 g/mol. The van der Waals surface area contributed by atoms with Gasteiger partial charge in [-0.15, -0.1) is 0 Å². The number of hydrogen-bond donors (Lipinski definition) is 2. The molecule has 0 aliphatic carbocycles. The lowest BCUT2D eigenvalue weighted by Crippen LogP contribution is -2.26. The van der Waals surface area contributed by atoms with Gasteiger partial charge < -0.3 is 10.2 Å². The van der Waals surface area contributed by atoms with Crippen LogP contribution in [0.25, 0.3) is 0 Å². The van der Waals surface area contributed by atoms with Crippen LogP contribution in [-0.4, -0.2) is 15.8 Å². The highest BCUT2D eigenvalue weighted by atomic mass is 16.3. The van der Waals surface area contributed by atoms with E-state index in [0.29, 0.717) is 5.92 Å². The third kappa shape index (κ3) is 4.67. The van der Waals surface area contributed by atoms with Gasteiger partial charge in [0.05, 0.1) is 5.60 Å². The number of rotatable bonds is 5. The third-order valence-corrected chi connectivity index (χ3v) is 2.74. The van der Waals surface area contributed by atoms with Crippen LogP contribution in [0, 0.1) is 5.92 Å². The highest BCUT2D eigenvalue weighted by molar-refractivity contribution is 5.26. The van der Waals surface area contributed by atoms with E-state index in [0.717, 1.165) is 24.8 Å². The fraction of sp³-hybridized carbons (Fsp3) is 0.571. The van der Waals surface area contributed by atoms with Gasteiger partial charge in [0, 0.05) is 0 Å². The zero-order valence-electron chi connectivity index (χ0n) is 10.4. The first-order valence-corrected chi connectivity index (χ1v) is 5.89. The fourth-order valence-electron chi connectivity index (χ4n) is 2.06. The Morgan fingerprint density at radius 3 is 2.25 bits per heavy atom. The molecule has 0 aliphatic heterocycles. The minimum Gasteiger partial charge on any atom is -0.508 e. The van der Waals surface area contributed by atoms with Crippen LogP contribution in [0.4, 0.5) is 0 Å². The Labute approximate surface area is 97.9 Å². The van der Waals surface area contributed by atoms with Gasteiger partial charge in [0.2, 0.25) is 0 Å². The molecule has 0 aromatic heterocycles. The highest BCUT2D eigenvalue weighted by Gasteiger charge is 2.21. The minimum atomic E-state index is -0.591. The van der Waals surface area contributed by atoms with Crippen LogP contribution >= 0.6 is 0 Å². The van der Waals surface area contributed by atoms with Crippen molar-refractivity contribution >= 4 is 0 Å². The van der Waals surface area contributed by atoms with Crippen LogP contribution in [0.1, 0.15) is 39.2 Å². The topological polar surface area (TPSA) is 40.5 Å². The summed E-state index contributed by atoms with van der Waals surface area (Å²) in [6, 6.07) is 7.18. The molecule has 16 heavy (non-hydrogen) atoms. The van der Waals surface area contributed by atoms with Crippen molar-refractivity contribution in [2.75, 3.05) is 0 Å². The van der Waals surface area contributed by atoms with Crippen LogP contribution in [0.3, 0.4) is 0 Å². The van der Waals surface area contributed by atoms with Crippen LogP contribution in [0.2, 0.25) is 0 Å². The van der Waals surface area contributed by atoms with Crippen LogP contribution < -0.4 is 0 Å². The van der Waals surface area contributed by atoms with E-state index >= 15 is 0 Å². The van der Waals surface area contributed by atoms with Crippen molar-refractivity contribution in [2.45, 2.75) is 45.6 Å². The normalized spacial score (nSPS) is 15.1. The van der Waals surface area contributed by atoms with Crippen molar-refractivity contribution in [1.82, 2.24) is 0 Å². The molecule has 0 radical (unpaired) electrons. The first-order chi connectivity index (χ1) is 7.39. The highest BCUT2D eigenvalue weighted by Crippen LogP contribution is 2.22. The van der Waals surface area contributed by atoms with Gasteiger partial charge in [-0.1, -0.05) is 26.0 Å². The Balaban J connectivity index is 2.47. The molecule has 0 saturated carbocycles.